The van der Waals surface area contributed by atoms with E-state index in [4.69, 9.17) is 0 Å². The second-order valence-corrected chi connectivity index (χ2v) is 6.19. The third-order valence-corrected chi connectivity index (χ3v) is 3.40. The van der Waals surface area contributed by atoms with E-state index in [0.29, 0.717) is 6.54 Å². The number of likely N-dealkylation sites (tertiary alicyclic amines) is 1. The van der Waals surface area contributed by atoms with Gasteiger partial charge >= 0.3 is 0 Å². The van der Waals surface area contributed by atoms with Crippen LogP contribution in [0.5, 0.6) is 0 Å². The van der Waals surface area contributed by atoms with Gasteiger partial charge < -0.3 is 10.2 Å². The Kier molecular flexibility index (Phi) is 4.84. The van der Waals surface area contributed by atoms with Crippen molar-refractivity contribution in [1.82, 2.24) is 10.2 Å². The molecule has 1 N–H and O–H groups in total. The predicted molar refractivity (Wildman–Crippen MR) is 58.3 cm³/mol. The summed E-state index contributed by atoms with van der Waals surface area (Å²) in [6, 6.07) is 0. The quantitative estimate of drug-likeness (QED) is 0.625. The predicted octanol–water partition coefficient (Wildman–Crippen LogP) is -0.284. The van der Waals surface area contributed by atoms with E-state index in [0.717, 1.165) is 13.1 Å². The van der Waals surface area contributed by atoms with E-state index >= 15 is 0 Å². The number of hydrogen-bond donors (Lipinski definition) is 1. The van der Waals surface area contributed by atoms with Gasteiger partial charge in [0.15, 0.2) is 0 Å². The fraction of sp³-hybridized carbons (Fsp3) is 1.00. The van der Waals surface area contributed by atoms with Gasteiger partial charge in [-0.05, 0) is 25.9 Å². The van der Waals surface area contributed by atoms with E-state index in [1.54, 1.807) is 0 Å². The summed E-state index contributed by atoms with van der Waals surface area (Å²) in [4.78, 5) is 2.41. The Morgan fingerprint density at radius 2 is 1.86 bits per heavy atom. The molecule has 1 aliphatic heterocycles. The van der Waals surface area contributed by atoms with Crippen LogP contribution in [0.2, 0.25) is 0 Å². The van der Waals surface area contributed by atoms with Crippen LogP contribution in [0.1, 0.15) is 12.8 Å². The zero-order valence-electron chi connectivity index (χ0n) is 8.83. The molecule has 0 spiro atoms. The van der Waals surface area contributed by atoms with Crippen molar-refractivity contribution in [2.75, 3.05) is 44.7 Å². The van der Waals surface area contributed by atoms with E-state index in [2.05, 4.69) is 10.2 Å². The lowest BCUT2D eigenvalue weighted by Gasteiger charge is -2.14. The highest BCUT2D eigenvalue weighted by Gasteiger charge is 2.10. The van der Waals surface area contributed by atoms with Crippen LogP contribution < -0.4 is 5.32 Å². The van der Waals surface area contributed by atoms with Gasteiger partial charge in [-0.3, -0.25) is 0 Å². The summed E-state index contributed by atoms with van der Waals surface area (Å²) in [5.74, 6) is 0.243. The summed E-state index contributed by atoms with van der Waals surface area (Å²) >= 11 is 0. The molecule has 1 fully saturated rings. The first-order chi connectivity index (χ1) is 6.58. The van der Waals surface area contributed by atoms with Crippen LogP contribution in [0.3, 0.4) is 0 Å². The third-order valence-electron chi connectivity index (χ3n) is 2.45. The molecule has 0 aromatic carbocycles. The Morgan fingerprint density at radius 3 is 2.43 bits per heavy atom. The fourth-order valence-corrected chi connectivity index (χ4v) is 2.14. The summed E-state index contributed by atoms with van der Waals surface area (Å²) in [5.41, 5.74) is 0. The van der Waals surface area contributed by atoms with Gasteiger partial charge in [-0.15, -0.1) is 0 Å². The third kappa shape index (κ3) is 5.57. The first-order valence-electron chi connectivity index (χ1n) is 5.19. The van der Waals surface area contributed by atoms with Crippen LogP contribution in [-0.4, -0.2) is 58.1 Å². The molecule has 1 aliphatic rings. The van der Waals surface area contributed by atoms with Crippen molar-refractivity contribution in [3.05, 3.63) is 0 Å². The molecule has 1 rings (SSSR count). The molecule has 1 saturated heterocycles. The van der Waals surface area contributed by atoms with E-state index in [1.807, 2.05) is 0 Å². The van der Waals surface area contributed by atoms with Crippen LogP contribution in [0, 0.1) is 0 Å². The molecule has 0 aromatic rings. The Morgan fingerprint density at radius 1 is 1.21 bits per heavy atom. The summed E-state index contributed by atoms with van der Waals surface area (Å²) < 4.78 is 21.6. The molecule has 0 aromatic heterocycles. The van der Waals surface area contributed by atoms with Crippen LogP contribution in [0.4, 0.5) is 0 Å². The first-order valence-corrected chi connectivity index (χ1v) is 7.25. The Balaban J connectivity index is 1.94. The minimum Gasteiger partial charge on any atom is -0.314 e. The smallest absolute Gasteiger partial charge is 0.148 e. The normalized spacial score (nSPS) is 18.9. The molecule has 0 aliphatic carbocycles. The second kappa shape index (κ2) is 5.68. The van der Waals surface area contributed by atoms with Gasteiger partial charge in [0.1, 0.15) is 9.84 Å². The van der Waals surface area contributed by atoms with Gasteiger partial charge in [-0.2, -0.15) is 0 Å². The van der Waals surface area contributed by atoms with Gasteiger partial charge in [-0.25, -0.2) is 8.42 Å². The van der Waals surface area contributed by atoms with E-state index in [-0.39, 0.29) is 5.75 Å². The monoisotopic (exact) mass is 220 g/mol. The van der Waals surface area contributed by atoms with Crippen LogP contribution in [0.15, 0.2) is 0 Å². The topological polar surface area (TPSA) is 49.4 Å². The van der Waals surface area contributed by atoms with Crippen molar-refractivity contribution in [2.45, 2.75) is 12.8 Å². The van der Waals surface area contributed by atoms with Crippen molar-refractivity contribution in [3.63, 3.8) is 0 Å². The average Bonchev–Trinajstić information content (AvgIpc) is 2.54. The molecule has 84 valence electrons. The van der Waals surface area contributed by atoms with Crippen molar-refractivity contribution in [3.8, 4) is 0 Å². The zero-order chi connectivity index (χ0) is 10.4. The Bertz CT molecular complexity index is 246. The molecule has 0 radical (unpaired) electrons. The minimum absolute atomic E-state index is 0.243. The second-order valence-electron chi connectivity index (χ2n) is 3.93. The molecular formula is C9H20N2O2S. The van der Waals surface area contributed by atoms with Crippen molar-refractivity contribution in [1.29, 1.82) is 0 Å². The summed E-state index contributed by atoms with van der Waals surface area (Å²) in [6.07, 6.45) is 3.89. The lowest BCUT2D eigenvalue weighted by molar-refractivity contribution is 0.337. The number of rotatable bonds is 6. The van der Waals surface area contributed by atoms with E-state index in [9.17, 15) is 8.42 Å². The van der Waals surface area contributed by atoms with Gasteiger partial charge in [0, 0.05) is 25.9 Å². The van der Waals surface area contributed by atoms with Crippen molar-refractivity contribution < 1.29 is 8.42 Å². The molecule has 0 atom stereocenters. The standard InChI is InChI=1S/C9H20N2O2S/c1-14(12,13)9-5-10-4-8-11-6-2-3-7-11/h10H,2-9H2,1H3. The lowest BCUT2D eigenvalue weighted by atomic mass is 10.4. The molecule has 5 heteroatoms. The van der Waals surface area contributed by atoms with Crippen LogP contribution >= 0.6 is 0 Å². The number of hydrogen-bond acceptors (Lipinski definition) is 4. The highest BCUT2D eigenvalue weighted by molar-refractivity contribution is 7.90. The highest BCUT2D eigenvalue weighted by atomic mass is 32.2. The number of sulfone groups is 1. The maximum atomic E-state index is 10.8. The molecular weight excluding hydrogens is 200 g/mol. The highest BCUT2D eigenvalue weighted by Crippen LogP contribution is 2.05. The maximum Gasteiger partial charge on any atom is 0.148 e. The summed E-state index contributed by atoms with van der Waals surface area (Å²) in [6.45, 7) is 4.92. The van der Waals surface area contributed by atoms with Gasteiger partial charge in [-0.1, -0.05) is 0 Å². The van der Waals surface area contributed by atoms with Gasteiger partial charge in [0.2, 0.25) is 0 Å². The summed E-state index contributed by atoms with van der Waals surface area (Å²) in [7, 11) is -2.80. The first kappa shape index (κ1) is 11.9. The molecule has 1 heterocycles. The van der Waals surface area contributed by atoms with Gasteiger partial charge in [0.05, 0.1) is 5.75 Å². The largest absolute Gasteiger partial charge is 0.314 e. The number of nitrogens with one attached hydrogen (secondary N) is 1. The fourth-order valence-electron chi connectivity index (χ4n) is 1.63. The molecule has 14 heavy (non-hydrogen) atoms. The molecule has 0 bridgehead atoms. The molecule has 0 unspecified atom stereocenters. The van der Waals surface area contributed by atoms with Crippen LogP contribution in [0.25, 0.3) is 0 Å². The van der Waals surface area contributed by atoms with Crippen LogP contribution in [-0.2, 0) is 9.84 Å². The van der Waals surface area contributed by atoms with Crippen molar-refractivity contribution >= 4 is 9.84 Å². The molecule has 0 saturated carbocycles. The molecule has 0 amide bonds. The minimum atomic E-state index is -2.80. The SMILES string of the molecule is CS(=O)(=O)CCNCCN1CCCC1. The average molecular weight is 220 g/mol. The number of nitrogens with zero attached hydrogens (tertiary/aromatic N) is 1. The maximum absolute atomic E-state index is 10.8. The lowest BCUT2D eigenvalue weighted by Crippen LogP contribution is -2.32. The zero-order valence-corrected chi connectivity index (χ0v) is 9.65. The Hall–Kier alpha value is -0.130. The van der Waals surface area contributed by atoms with Crippen molar-refractivity contribution in [2.24, 2.45) is 0 Å². The van der Waals surface area contributed by atoms with Gasteiger partial charge in [0.25, 0.3) is 0 Å². The molecule has 4 nitrogen and oxygen atoms in total. The van der Waals surface area contributed by atoms with E-state index in [1.165, 1.54) is 32.2 Å². The van der Waals surface area contributed by atoms with E-state index < -0.39 is 9.84 Å². The Labute approximate surface area is 86.6 Å². The summed E-state index contributed by atoms with van der Waals surface area (Å²) in [5, 5.41) is 3.15.